The van der Waals surface area contributed by atoms with E-state index in [-0.39, 0.29) is 28.1 Å². The van der Waals surface area contributed by atoms with E-state index in [1.54, 1.807) is 0 Å². The van der Waals surface area contributed by atoms with E-state index < -0.39 is 4.92 Å². The first-order valence-corrected chi connectivity index (χ1v) is 10.8. The fourth-order valence-corrected chi connectivity index (χ4v) is 4.15. The van der Waals surface area contributed by atoms with Gasteiger partial charge in [0.1, 0.15) is 0 Å². The lowest BCUT2D eigenvalue weighted by molar-refractivity contribution is -0.384. The molecule has 0 saturated heterocycles. The van der Waals surface area contributed by atoms with Crippen LogP contribution < -0.4 is 10.2 Å². The van der Waals surface area contributed by atoms with E-state index in [1.165, 1.54) is 18.2 Å². The number of hydrogen-bond acceptors (Lipinski definition) is 4. The Morgan fingerprint density at radius 3 is 2.52 bits per heavy atom. The van der Waals surface area contributed by atoms with Gasteiger partial charge >= 0.3 is 0 Å². The number of anilines is 1. The number of aromatic amines is 1. The summed E-state index contributed by atoms with van der Waals surface area (Å²) in [6.45, 7) is 0.329. The lowest BCUT2D eigenvalue weighted by Gasteiger charge is -2.20. The number of amides is 1. The van der Waals surface area contributed by atoms with Crippen molar-refractivity contribution >= 4 is 39.8 Å². The lowest BCUT2D eigenvalue weighted by Crippen LogP contribution is -2.29. The molecule has 0 bridgehead atoms. The summed E-state index contributed by atoms with van der Waals surface area (Å²) in [5, 5.41) is 15.0. The van der Waals surface area contributed by atoms with Crippen LogP contribution in [0.25, 0.3) is 10.9 Å². The molecular formula is C25H23ClN4O3. The quantitative estimate of drug-likeness (QED) is 0.286. The largest absolute Gasteiger partial charge is 0.378 e. The SMILES string of the molecule is CN(C)c1ccc([C@@H](CNC(=O)c2ccc([N+](=O)[O-])cc2Cl)c2c[nH]c3ccccc23)cc1. The van der Waals surface area contributed by atoms with Crippen LogP contribution in [0.1, 0.15) is 27.4 Å². The van der Waals surface area contributed by atoms with E-state index in [4.69, 9.17) is 11.6 Å². The number of carbonyl (C=O) groups excluding carboxylic acids is 1. The number of fused-ring (bicyclic) bond motifs is 1. The Kier molecular flexibility index (Phi) is 6.33. The summed E-state index contributed by atoms with van der Waals surface area (Å²) in [7, 11) is 3.97. The van der Waals surface area contributed by atoms with Crippen molar-refractivity contribution in [1.82, 2.24) is 10.3 Å². The van der Waals surface area contributed by atoms with Crippen LogP contribution in [-0.2, 0) is 0 Å². The third kappa shape index (κ3) is 4.68. The predicted molar refractivity (Wildman–Crippen MR) is 131 cm³/mol. The summed E-state index contributed by atoms with van der Waals surface area (Å²) >= 11 is 6.15. The van der Waals surface area contributed by atoms with Gasteiger partial charge in [0, 0.05) is 61.5 Å². The van der Waals surface area contributed by atoms with Gasteiger partial charge in [0.05, 0.1) is 15.5 Å². The van der Waals surface area contributed by atoms with Gasteiger partial charge in [-0.3, -0.25) is 14.9 Å². The van der Waals surface area contributed by atoms with Crippen molar-refractivity contribution < 1.29 is 9.72 Å². The van der Waals surface area contributed by atoms with Crippen molar-refractivity contribution in [2.75, 3.05) is 25.5 Å². The third-order valence-electron chi connectivity index (χ3n) is 5.68. The van der Waals surface area contributed by atoms with Crippen molar-refractivity contribution in [2.45, 2.75) is 5.92 Å². The van der Waals surface area contributed by atoms with Gasteiger partial charge < -0.3 is 15.2 Å². The Morgan fingerprint density at radius 1 is 1.12 bits per heavy atom. The average Bonchev–Trinajstić information content (AvgIpc) is 3.23. The number of H-pyrrole nitrogens is 1. The number of para-hydroxylation sites is 1. The van der Waals surface area contributed by atoms with E-state index in [2.05, 4.69) is 28.5 Å². The molecule has 33 heavy (non-hydrogen) atoms. The van der Waals surface area contributed by atoms with Crippen molar-refractivity contribution in [3.63, 3.8) is 0 Å². The van der Waals surface area contributed by atoms with Crippen LogP contribution in [0.2, 0.25) is 5.02 Å². The second-order valence-electron chi connectivity index (χ2n) is 7.96. The molecule has 2 N–H and O–H groups in total. The fraction of sp³-hybridized carbons (Fsp3) is 0.160. The molecule has 1 aromatic heterocycles. The van der Waals surface area contributed by atoms with Crippen LogP contribution in [0.4, 0.5) is 11.4 Å². The number of benzene rings is 3. The standard InChI is InChI=1S/C25H23ClN4O3/c1-29(2)17-9-7-16(8-10-17)21(22-15-27-24-6-4-3-5-19(22)24)14-28-25(31)20-12-11-18(30(32)33)13-23(20)26/h3-13,15,21,27H,14H2,1-2H3,(H,28,31)/t21-/m1/s1. The number of non-ortho nitro benzene ring substituents is 1. The van der Waals surface area contributed by atoms with Gasteiger partial charge in [-0.25, -0.2) is 0 Å². The number of nitro groups is 1. The molecule has 0 spiro atoms. The van der Waals surface area contributed by atoms with Crippen LogP contribution in [0.15, 0.2) is 72.9 Å². The Morgan fingerprint density at radius 2 is 1.85 bits per heavy atom. The van der Waals surface area contributed by atoms with Crippen LogP contribution in [-0.4, -0.2) is 36.5 Å². The molecule has 1 atom stereocenters. The van der Waals surface area contributed by atoms with Crippen molar-refractivity contribution in [3.05, 3.63) is 105 Å². The zero-order chi connectivity index (χ0) is 23.5. The highest BCUT2D eigenvalue weighted by atomic mass is 35.5. The van der Waals surface area contributed by atoms with E-state index in [0.717, 1.165) is 27.7 Å². The molecule has 0 unspecified atom stereocenters. The molecule has 1 heterocycles. The van der Waals surface area contributed by atoms with Crippen molar-refractivity contribution in [2.24, 2.45) is 0 Å². The van der Waals surface area contributed by atoms with Crippen molar-refractivity contribution in [3.8, 4) is 0 Å². The van der Waals surface area contributed by atoms with Gasteiger partial charge in [0.25, 0.3) is 11.6 Å². The highest BCUT2D eigenvalue weighted by Crippen LogP contribution is 2.32. The molecule has 0 fully saturated rings. The molecule has 4 aromatic rings. The smallest absolute Gasteiger partial charge is 0.270 e. The van der Waals surface area contributed by atoms with Gasteiger partial charge in [-0.1, -0.05) is 41.9 Å². The summed E-state index contributed by atoms with van der Waals surface area (Å²) in [5.74, 6) is -0.497. The summed E-state index contributed by atoms with van der Waals surface area (Å²) in [6.07, 6.45) is 1.97. The molecule has 4 rings (SSSR count). The molecule has 0 aliphatic rings. The van der Waals surface area contributed by atoms with E-state index in [0.29, 0.717) is 6.54 Å². The van der Waals surface area contributed by atoms with Crippen LogP contribution >= 0.6 is 11.6 Å². The van der Waals surface area contributed by atoms with E-state index in [9.17, 15) is 14.9 Å². The second kappa shape index (κ2) is 9.34. The normalized spacial score (nSPS) is 11.8. The topological polar surface area (TPSA) is 91.3 Å². The zero-order valence-electron chi connectivity index (χ0n) is 18.2. The molecule has 168 valence electrons. The lowest BCUT2D eigenvalue weighted by atomic mass is 9.90. The van der Waals surface area contributed by atoms with Gasteiger partial charge in [-0.15, -0.1) is 0 Å². The maximum Gasteiger partial charge on any atom is 0.270 e. The maximum atomic E-state index is 12.9. The Balaban J connectivity index is 1.64. The first-order valence-electron chi connectivity index (χ1n) is 10.4. The Bertz CT molecular complexity index is 1310. The maximum absolute atomic E-state index is 12.9. The summed E-state index contributed by atoms with van der Waals surface area (Å²) in [6, 6.07) is 20.1. The van der Waals surface area contributed by atoms with E-state index >= 15 is 0 Å². The fourth-order valence-electron chi connectivity index (χ4n) is 3.89. The number of aromatic nitrogens is 1. The summed E-state index contributed by atoms with van der Waals surface area (Å²) in [5.41, 5.74) is 4.26. The predicted octanol–water partition coefficient (Wildman–Crippen LogP) is 5.36. The third-order valence-corrected chi connectivity index (χ3v) is 6.00. The monoisotopic (exact) mass is 462 g/mol. The molecule has 8 heteroatoms. The van der Waals surface area contributed by atoms with Gasteiger partial charge in [-0.2, -0.15) is 0 Å². The van der Waals surface area contributed by atoms with Gasteiger partial charge in [0.15, 0.2) is 0 Å². The molecule has 0 aliphatic carbocycles. The number of halogens is 1. The highest BCUT2D eigenvalue weighted by Gasteiger charge is 2.21. The average molecular weight is 463 g/mol. The minimum Gasteiger partial charge on any atom is -0.378 e. The number of hydrogen-bond donors (Lipinski definition) is 2. The Hall–Kier alpha value is -3.84. The molecule has 3 aromatic carbocycles. The molecule has 0 radical (unpaired) electrons. The molecule has 0 aliphatic heterocycles. The summed E-state index contributed by atoms with van der Waals surface area (Å²) in [4.78, 5) is 28.6. The first kappa shape index (κ1) is 22.4. The van der Waals surface area contributed by atoms with Crippen LogP contribution in [0, 0.1) is 10.1 Å². The number of carbonyl (C=O) groups is 1. The number of rotatable bonds is 7. The molecule has 0 saturated carbocycles. The van der Waals surface area contributed by atoms with Crippen LogP contribution in [0.3, 0.4) is 0 Å². The van der Waals surface area contributed by atoms with Gasteiger partial charge in [0.2, 0.25) is 0 Å². The number of nitro benzene ring substituents is 1. The highest BCUT2D eigenvalue weighted by molar-refractivity contribution is 6.34. The molecule has 1 amide bonds. The van der Waals surface area contributed by atoms with Crippen molar-refractivity contribution in [1.29, 1.82) is 0 Å². The minimum absolute atomic E-state index is 0.0423. The number of nitrogens with zero attached hydrogens (tertiary/aromatic N) is 2. The molecule has 7 nitrogen and oxygen atoms in total. The zero-order valence-corrected chi connectivity index (χ0v) is 19.0. The Labute approximate surface area is 196 Å². The molecular weight excluding hydrogens is 440 g/mol. The first-order chi connectivity index (χ1) is 15.8. The minimum atomic E-state index is -0.544. The van der Waals surface area contributed by atoms with Crippen LogP contribution in [0.5, 0.6) is 0 Å². The van der Waals surface area contributed by atoms with E-state index in [1.807, 2.05) is 55.5 Å². The summed E-state index contributed by atoms with van der Waals surface area (Å²) < 4.78 is 0. The van der Waals surface area contributed by atoms with Gasteiger partial charge in [-0.05, 0) is 35.4 Å². The second-order valence-corrected chi connectivity index (χ2v) is 8.37. The number of nitrogens with one attached hydrogen (secondary N) is 2.